The van der Waals surface area contributed by atoms with Crippen molar-refractivity contribution in [2.24, 2.45) is 0 Å². The molecule has 5 nitrogen and oxygen atoms in total. The first-order valence-corrected chi connectivity index (χ1v) is 8.01. The zero-order valence-electron chi connectivity index (χ0n) is 14.1. The van der Waals surface area contributed by atoms with Gasteiger partial charge >= 0.3 is 6.03 Å². The molecular formula is C19H24N2O3. The summed E-state index contributed by atoms with van der Waals surface area (Å²) in [6.45, 7) is 3.17. The van der Waals surface area contributed by atoms with Gasteiger partial charge in [0.15, 0.2) is 11.5 Å². The van der Waals surface area contributed by atoms with Gasteiger partial charge < -0.3 is 20.4 Å². The Labute approximate surface area is 142 Å². The van der Waals surface area contributed by atoms with Gasteiger partial charge in [-0.05, 0) is 43.0 Å². The average Bonchev–Trinajstić information content (AvgIpc) is 2.57. The monoisotopic (exact) mass is 328 g/mol. The summed E-state index contributed by atoms with van der Waals surface area (Å²) in [6.07, 6.45) is 1.40. The lowest BCUT2D eigenvalue weighted by molar-refractivity contribution is 0.209. The summed E-state index contributed by atoms with van der Waals surface area (Å²) < 4.78 is 0. The van der Waals surface area contributed by atoms with E-state index in [2.05, 4.69) is 29.6 Å². The third kappa shape index (κ3) is 5.19. The quantitative estimate of drug-likeness (QED) is 0.714. The Kier molecular flexibility index (Phi) is 6.07. The zero-order chi connectivity index (χ0) is 17.5. The van der Waals surface area contributed by atoms with E-state index in [1.807, 2.05) is 6.92 Å². The van der Waals surface area contributed by atoms with Crippen LogP contribution in [0.4, 0.5) is 4.79 Å². The molecule has 2 aromatic carbocycles. The number of aromatic hydroxyl groups is 2. The molecule has 0 aliphatic carbocycles. The minimum absolute atomic E-state index is 0.120. The van der Waals surface area contributed by atoms with Crippen molar-refractivity contribution in [3.8, 4) is 11.5 Å². The number of phenols is 2. The molecule has 0 radical (unpaired) electrons. The smallest absolute Gasteiger partial charge is 0.317 e. The minimum Gasteiger partial charge on any atom is -0.504 e. The maximum atomic E-state index is 12.1. The lowest BCUT2D eigenvalue weighted by Gasteiger charge is -2.18. The number of nitrogens with zero attached hydrogens (tertiary/aromatic N) is 1. The van der Waals surface area contributed by atoms with Crippen molar-refractivity contribution >= 4 is 6.03 Å². The van der Waals surface area contributed by atoms with E-state index >= 15 is 0 Å². The van der Waals surface area contributed by atoms with Gasteiger partial charge in [0, 0.05) is 20.1 Å². The van der Waals surface area contributed by atoms with E-state index in [1.165, 1.54) is 23.3 Å². The summed E-state index contributed by atoms with van der Waals surface area (Å²) >= 11 is 0. The van der Waals surface area contributed by atoms with E-state index in [1.54, 1.807) is 18.0 Å². The fourth-order valence-electron chi connectivity index (χ4n) is 2.33. The maximum absolute atomic E-state index is 12.1. The number of benzene rings is 2. The highest BCUT2D eigenvalue weighted by Gasteiger charge is 2.08. The van der Waals surface area contributed by atoms with Crippen LogP contribution in [0, 0.1) is 6.92 Å². The van der Waals surface area contributed by atoms with E-state index in [9.17, 15) is 15.0 Å². The number of urea groups is 1. The molecule has 0 saturated carbocycles. The van der Waals surface area contributed by atoms with Gasteiger partial charge in [-0.1, -0.05) is 35.9 Å². The fraction of sp³-hybridized carbons (Fsp3) is 0.316. The van der Waals surface area contributed by atoms with Crippen molar-refractivity contribution in [3.05, 3.63) is 59.2 Å². The van der Waals surface area contributed by atoms with Crippen LogP contribution in [0.5, 0.6) is 11.5 Å². The highest BCUT2D eigenvalue weighted by atomic mass is 16.3. The average molecular weight is 328 g/mol. The Bertz CT molecular complexity index is 684. The van der Waals surface area contributed by atoms with Crippen LogP contribution in [0.2, 0.25) is 0 Å². The molecular weight excluding hydrogens is 304 g/mol. The molecule has 0 atom stereocenters. The van der Waals surface area contributed by atoms with E-state index in [-0.39, 0.29) is 17.5 Å². The predicted molar refractivity (Wildman–Crippen MR) is 94.4 cm³/mol. The van der Waals surface area contributed by atoms with Crippen LogP contribution < -0.4 is 5.32 Å². The number of likely N-dealkylation sites (N-methyl/N-ethyl adjacent to an activating group) is 1. The zero-order valence-corrected chi connectivity index (χ0v) is 14.1. The van der Waals surface area contributed by atoms with Gasteiger partial charge in [0.2, 0.25) is 0 Å². The standard InChI is InChI=1S/C19H24N2O3/c1-14-3-5-15(6-4-14)9-11-20-19(24)21(2)12-10-16-7-8-17(22)18(23)13-16/h3-8,13,22-23H,9-12H2,1-2H3,(H,20,24). The Hall–Kier alpha value is -2.69. The Balaban J connectivity index is 1.73. The molecule has 24 heavy (non-hydrogen) atoms. The molecule has 2 rings (SSSR count). The molecule has 0 spiro atoms. The van der Waals surface area contributed by atoms with E-state index in [4.69, 9.17) is 0 Å². The van der Waals surface area contributed by atoms with Gasteiger partial charge in [-0.3, -0.25) is 0 Å². The predicted octanol–water partition coefficient (Wildman–Crippen LogP) is 2.83. The Morgan fingerprint density at radius 3 is 2.33 bits per heavy atom. The molecule has 5 heteroatoms. The molecule has 0 saturated heterocycles. The second-order valence-electron chi connectivity index (χ2n) is 5.96. The van der Waals surface area contributed by atoms with Crippen LogP contribution in [0.3, 0.4) is 0 Å². The number of hydrogen-bond donors (Lipinski definition) is 3. The molecule has 0 aliphatic rings. The third-order valence-electron chi connectivity index (χ3n) is 3.93. The summed E-state index contributed by atoms with van der Waals surface area (Å²) in [4.78, 5) is 13.7. The lowest BCUT2D eigenvalue weighted by Crippen LogP contribution is -2.39. The fourth-order valence-corrected chi connectivity index (χ4v) is 2.33. The number of carbonyl (C=O) groups is 1. The SMILES string of the molecule is Cc1ccc(CCNC(=O)N(C)CCc2ccc(O)c(O)c2)cc1. The van der Waals surface area contributed by atoms with Crippen molar-refractivity contribution in [2.75, 3.05) is 20.1 Å². The third-order valence-corrected chi connectivity index (χ3v) is 3.93. The number of aryl methyl sites for hydroxylation is 1. The Morgan fingerprint density at radius 2 is 1.67 bits per heavy atom. The van der Waals surface area contributed by atoms with E-state index < -0.39 is 0 Å². The van der Waals surface area contributed by atoms with Crippen molar-refractivity contribution in [1.82, 2.24) is 10.2 Å². The second-order valence-corrected chi connectivity index (χ2v) is 5.96. The van der Waals surface area contributed by atoms with Crippen LogP contribution in [0.15, 0.2) is 42.5 Å². The van der Waals surface area contributed by atoms with Gasteiger partial charge in [-0.15, -0.1) is 0 Å². The molecule has 0 aromatic heterocycles. The highest BCUT2D eigenvalue weighted by Crippen LogP contribution is 2.24. The second kappa shape index (κ2) is 8.24. The van der Waals surface area contributed by atoms with E-state index in [0.717, 1.165) is 12.0 Å². The number of rotatable bonds is 6. The molecule has 0 bridgehead atoms. The van der Waals surface area contributed by atoms with E-state index in [0.29, 0.717) is 19.5 Å². The number of hydrogen-bond acceptors (Lipinski definition) is 3. The maximum Gasteiger partial charge on any atom is 0.317 e. The van der Waals surface area contributed by atoms with Crippen molar-refractivity contribution in [1.29, 1.82) is 0 Å². The number of amides is 2. The van der Waals surface area contributed by atoms with Crippen LogP contribution in [-0.4, -0.2) is 41.3 Å². The van der Waals surface area contributed by atoms with Gasteiger partial charge in [-0.25, -0.2) is 4.79 Å². The van der Waals surface area contributed by atoms with Gasteiger partial charge in [0.1, 0.15) is 0 Å². The molecule has 2 aromatic rings. The summed E-state index contributed by atoms with van der Waals surface area (Å²) in [5.74, 6) is -0.279. The molecule has 0 unspecified atom stereocenters. The van der Waals surface area contributed by atoms with Crippen LogP contribution in [0.1, 0.15) is 16.7 Å². The summed E-state index contributed by atoms with van der Waals surface area (Å²) in [6, 6.07) is 12.9. The van der Waals surface area contributed by atoms with Crippen LogP contribution in [0.25, 0.3) is 0 Å². The first kappa shape index (κ1) is 17.7. The molecule has 0 aliphatic heterocycles. The van der Waals surface area contributed by atoms with Crippen molar-refractivity contribution in [3.63, 3.8) is 0 Å². The highest BCUT2D eigenvalue weighted by molar-refractivity contribution is 5.73. The minimum atomic E-state index is -0.141. The molecule has 0 fully saturated rings. The van der Waals surface area contributed by atoms with Crippen LogP contribution in [-0.2, 0) is 12.8 Å². The van der Waals surface area contributed by atoms with Crippen molar-refractivity contribution in [2.45, 2.75) is 19.8 Å². The number of nitrogens with one attached hydrogen (secondary N) is 1. The van der Waals surface area contributed by atoms with Crippen molar-refractivity contribution < 1.29 is 15.0 Å². The first-order chi connectivity index (χ1) is 11.5. The topological polar surface area (TPSA) is 72.8 Å². The van der Waals surface area contributed by atoms with Gasteiger partial charge in [0.05, 0.1) is 0 Å². The normalized spacial score (nSPS) is 10.4. The molecule has 2 amide bonds. The summed E-state index contributed by atoms with van der Waals surface area (Å²) in [5.41, 5.74) is 3.29. The molecule has 0 heterocycles. The molecule has 3 N–H and O–H groups in total. The lowest BCUT2D eigenvalue weighted by atomic mass is 10.1. The number of phenolic OH excluding ortho intramolecular Hbond substituents is 2. The Morgan fingerprint density at radius 1 is 1.00 bits per heavy atom. The largest absolute Gasteiger partial charge is 0.504 e. The first-order valence-electron chi connectivity index (χ1n) is 8.01. The summed E-state index contributed by atoms with van der Waals surface area (Å²) in [7, 11) is 1.74. The van der Waals surface area contributed by atoms with Crippen LogP contribution >= 0.6 is 0 Å². The number of carbonyl (C=O) groups excluding carboxylic acids is 1. The molecule has 128 valence electrons. The van der Waals surface area contributed by atoms with Gasteiger partial charge in [0.25, 0.3) is 0 Å². The summed E-state index contributed by atoms with van der Waals surface area (Å²) in [5, 5.41) is 21.7. The van der Waals surface area contributed by atoms with Gasteiger partial charge in [-0.2, -0.15) is 0 Å².